The Morgan fingerprint density at radius 1 is 1.03 bits per heavy atom. The first-order valence-corrected chi connectivity index (χ1v) is 14.0. The summed E-state index contributed by atoms with van der Waals surface area (Å²) < 4.78 is 0. The third-order valence-electron chi connectivity index (χ3n) is 8.19. The molecule has 35 heavy (non-hydrogen) atoms. The number of carbonyl (C=O) groups excluding carboxylic acids is 1. The Morgan fingerprint density at radius 2 is 1.86 bits per heavy atom. The Bertz CT molecular complexity index is 1260. The van der Waals surface area contributed by atoms with Crippen LogP contribution in [-0.2, 0) is 5.41 Å². The maximum atomic E-state index is 13.4. The number of likely N-dealkylation sites (tertiary alicyclic amines) is 2. The van der Waals surface area contributed by atoms with E-state index < -0.39 is 0 Å². The van der Waals surface area contributed by atoms with Crippen LogP contribution >= 0.6 is 34.5 Å². The van der Waals surface area contributed by atoms with E-state index in [1.54, 1.807) is 29.5 Å². The minimum Gasteiger partial charge on any atom is -0.338 e. The van der Waals surface area contributed by atoms with Crippen LogP contribution in [0.25, 0.3) is 6.08 Å². The molecule has 0 bridgehead atoms. The standard InChI is InChI=1S/C29H28Cl2N2OS/c30-26-6-5-21(15-27(26)31)28(34)33-17-23(24(18-33)22-8-14-35-19-22)16-32-12-10-29(11-13-32)9-7-20-3-1-2-4-25(20)29/h1-9,14-15,19,23-24H,10-13,16-18H2. The summed E-state index contributed by atoms with van der Waals surface area (Å²) in [4.78, 5) is 18.0. The zero-order valence-electron chi connectivity index (χ0n) is 19.5. The number of benzene rings is 2. The van der Waals surface area contributed by atoms with Gasteiger partial charge in [-0.2, -0.15) is 11.3 Å². The normalized spacial score (nSPS) is 23.2. The fourth-order valence-electron chi connectivity index (χ4n) is 6.23. The van der Waals surface area contributed by atoms with Crippen LogP contribution in [0.4, 0.5) is 0 Å². The van der Waals surface area contributed by atoms with Crippen molar-refractivity contribution in [2.45, 2.75) is 24.2 Å². The van der Waals surface area contributed by atoms with Crippen LogP contribution in [0.3, 0.4) is 0 Å². The van der Waals surface area contributed by atoms with Crippen LogP contribution in [0.1, 0.15) is 45.8 Å². The van der Waals surface area contributed by atoms with Crippen molar-refractivity contribution < 1.29 is 4.79 Å². The molecule has 2 atom stereocenters. The van der Waals surface area contributed by atoms with Gasteiger partial charge in [0, 0.05) is 36.5 Å². The monoisotopic (exact) mass is 522 g/mol. The summed E-state index contributed by atoms with van der Waals surface area (Å²) >= 11 is 14.0. The molecular formula is C29H28Cl2N2OS. The van der Waals surface area contributed by atoms with E-state index in [9.17, 15) is 4.79 Å². The van der Waals surface area contributed by atoms with Crippen LogP contribution < -0.4 is 0 Å². The second kappa shape index (κ2) is 9.40. The molecule has 2 saturated heterocycles. The molecule has 1 spiro atoms. The number of thiophene rings is 1. The van der Waals surface area contributed by atoms with E-state index in [1.807, 2.05) is 4.90 Å². The van der Waals surface area contributed by atoms with Gasteiger partial charge in [-0.3, -0.25) is 4.79 Å². The van der Waals surface area contributed by atoms with Gasteiger partial charge in [0.05, 0.1) is 10.0 Å². The second-order valence-electron chi connectivity index (χ2n) is 10.1. The quantitative estimate of drug-likeness (QED) is 0.369. The summed E-state index contributed by atoms with van der Waals surface area (Å²) in [6.45, 7) is 4.71. The number of amides is 1. The summed E-state index contributed by atoms with van der Waals surface area (Å²) in [5.74, 6) is 0.810. The van der Waals surface area contributed by atoms with Gasteiger partial charge in [-0.1, -0.05) is 59.6 Å². The Labute approximate surface area is 221 Å². The number of halogens is 2. The molecule has 6 heteroatoms. The van der Waals surface area contributed by atoms with E-state index >= 15 is 0 Å². The Balaban J connectivity index is 1.16. The number of rotatable bonds is 4. The zero-order valence-corrected chi connectivity index (χ0v) is 21.8. The smallest absolute Gasteiger partial charge is 0.253 e. The Hall–Kier alpha value is -2.11. The van der Waals surface area contributed by atoms with Gasteiger partial charge in [-0.05, 0) is 83.6 Å². The predicted octanol–water partition coefficient (Wildman–Crippen LogP) is 6.97. The van der Waals surface area contributed by atoms with Crippen molar-refractivity contribution in [3.05, 3.63) is 97.7 Å². The third kappa shape index (κ3) is 4.35. The number of hydrogen-bond acceptors (Lipinski definition) is 3. The van der Waals surface area contributed by atoms with Crippen molar-refractivity contribution >= 4 is 46.5 Å². The number of nitrogens with zero attached hydrogens (tertiary/aromatic N) is 2. The molecule has 3 heterocycles. The van der Waals surface area contributed by atoms with E-state index in [4.69, 9.17) is 23.2 Å². The van der Waals surface area contributed by atoms with Crippen LogP contribution in [0.2, 0.25) is 10.0 Å². The zero-order chi connectivity index (χ0) is 24.0. The molecule has 2 unspecified atom stereocenters. The lowest BCUT2D eigenvalue weighted by molar-refractivity contribution is 0.0780. The lowest BCUT2D eigenvalue weighted by Gasteiger charge is -2.40. The first-order chi connectivity index (χ1) is 17.0. The van der Waals surface area contributed by atoms with Gasteiger partial charge >= 0.3 is 0 Å². The molecule has 6 rings (SSSR count). The summed E-state index contributed by atoms with van der Waals surface area (Å²) in [5.41, 5.74) is 5.04. The number of piperidine rings is 1. The molecule has 0 saturated carbocycles. The van der Waals surface area contributed by atoms with Crippen molar-refractivity contribution in [1.82, 2.24) is 9.80 Å². The molecule has 180 valence electrons. The molecular weight excluding hydrogens is 495 g/mol. The van der Waals surface area contributed by atoms with E-state index in [0.717, 1.165) is 45.6 Å². The van der Waals surface area contributed by atoms with Crippen molar-refractivity contribution in [2.24, 2.45) is 5.92 Å². The number of fused-ring (bicyclic) bond motifs is 2. The molecule has 3 aliphatic rings. The minimum atomic E-state index is 0.0385. The number of allylic oxidation sites excluding steroid dienone is 1. The van der Waals surface area contributed by atoms with Gasteiger partial charge in [-0.15, -0.1) is 0 Å². The van der Waals surface area contributed by atoms with E-state index in [-0.39, 0.29) is 11.3 Å². The van der Waals surface area contributed by atoms with Crippen LogP contribution in [0.5, 0.6) is 0 Å². The van der Waals surface area contributed by atoms with Crippen molar-refractivity contribution in [3.63, 3.8) is 0 Å². The largest absolute Gasteiger partial charge is 0.338 e. The lowest BCUT2D eigenvalue weighted by Crippen LogP contribution is -2.43. The molecule has 0 N–H and O–H groups in total. The molecule has 0 radical (unpaired) electrons. The molecule has 3 nitrogen and oxygen atoms in total. The first kappa shape index (κ1) is 23.3. The lowest BCUT2D eigenvalue weighted by atomic mass is 9.74. The van der Waals surface area contributed by atoms with Crippen LogP contribution in [0.15, 0.2) is 65.4 Å². The Kier molecular flexibility index (Phi) is 6.26. The van der Waals surface area contributed by atoms with E-state index in [0.29, 0.717) is 27.4 Å². The van der Waals surface area contributed by atoms with Crippen LogP contribution in [0, 0.1) is 5.92 Å². The van der Waals surface area contributed by atoms with Gasteiger partial charge in [0.2, 0.25) is 0 Å². The average molecular weight is 524 g/mol. The highest BCUT2D eigenvalue weighted by Crippen LogP contribution is 2.44. The van der Waals surface area contributed by atoms with Crippen molar-refractivity contribution in [1.29, 1.82) is 0 Å². The van der Waals surface area contributed by atoms with Gasteiger partial charge in [0.1, 0.15) is 0 Å². The molecule has 2 aliphatic heterocycles. The Morgan fingerprint density at radius 3 is 2.63 bits per heavy atom. The van der Waals surface area contributed by atoms with Gasteiger partial charge in [0.15, 0.2) is 0 Å². The molecule has 3 aromatic rings. The second-order valence-corrected chi connectivity index (χ2v) is 11.7. The molecule has 1 aromatic heterocycles. The van der Waals surface area contributed by atoms with E-state index in [1.165, 1.54) is 16.7 Å². The summed E-state index contributed by atoms with van der Waals surface area (Å²) in [7, 11) is 0. The number of hydrogen-bond donors (Lipinski definition) is 0. The van der Waals surface area contributed by atoms with Gasteiger partial charge in [-0.25, -0.2) is 0 Å². The maximum absolute atomic E-state index is 13.4. The topological polar surface area (TPSA) is 23.6 Å². The highest BCUT2D eigenvalue weighted by atomic mass is 35.5. The van der Waals surface area contributed by atoms with E-state index in [2.05, 4.69) is 58.1 Å². The molecule has 2 fully saturated rings. The SMILES string of the molecule is O=C(c1ccc(Cl)c(Cl)c1)N1CC(CN2CCC3(C=Cc4ccccc43)CC2)C(c2ccsc2)C1. The maximum Gasteiger partial charge on any atom is 0.253 e. The van der Waals surface area contributed by atoms with Crippen molar-refractivity contribution in [2.75, 3.05) is 32.7 Å². The third-order valence-corrected chi connectivity index (χ3v) is 9.63. The van der Waals surface area contributed by atoms with Crippen molar-refractivity contribution in [3.8, 4) is 0 Å². The molecule has 2 aromatic carbocycles. The molecule has 1 amide bonds. The highest BCUT2D eigenvalue weighted by Gasteiger charge is 2.41. The first-order valence-electron chi connectivity index (χ1n) is 12.3. The fourth-order valence-corrected chi connectivity index (χ4v) is 7.26. The summed E-state index contributed by atoms with van der Waals surface area (Å²) in [5, 5.41) is 5.29. The predicted molar refractivity (Wildman–Crippen MR) is 146 cm³/mol. The average Bonchev–Trinajstić information content (AvgIpc) is 3.62. The molecule has 1 aliphatic carbocycles. The number of carbonyl (C=O) groups is 1. The highest BCUT2D eigenvalue weighted by molar-refractivity contribution is 7.08. The fraction of sp³-hybridized carbons (Fsp3) is 0.345. The van der Waals surface area contributed by atoms with Crippen LogP contribution in [-0.4, -0.2) is 48.4 Å². The summed E-state index contributed by atoms with van der Waals surface area (Å²) in [6, 6.07) is 16.2. The summed E-state index contributed by atoms with van der Waals surface area (Å²) in [6.07, 6.45) is 7.06. The van der Waals surface area contributed by atoms with Gasteiger partial charge in [0.25, 0.3) is 5.91 Å². The minimum absolute atomic E-state index is 0.0385. The van der Waals surface area contributed by atoms with Gasteiger partial charge < -0.3 is 9.80 Å².